The van der Waals surface area contributed by atoms with E-state index in [0.717, 1.165) is 12.1 Å². The van der Waals surface area contributed by atoms with E-state index in [0.29, 0.717) is 11.6 Å². The summed E-state index contributed by atoms with van der Waals surface area (Å²) in [6, 6.07) is 11.6. The van der Waals surface area contributed by atoms with Crippen LogP contribution in [0.3, 0.4) is 0 Å². The number of nitrogens with two attached hydrogens (primary N) is 1. The van der Waals surface area contributed by atoms with Crippen LogP contribution in [0.1, 0.15) is 25.0 Å². The van der Waals surface area contributed by atoms with Crippen LogP contribution >= 0.6 is 0 Å². The molecule has 2 aromatic heterocycles. The molecule has 0 aliphatic heterocycles. The van der Waals surface area contributed by atoms with Gasteiger partial charge >= 0.3 is 12.3 Å². The predicted molar refractivity (Wildman–Crippen MR) is 131 cm³/mol. The largest absolute Gasteiger partial charge is 0.417 e. The summed E-state index contributed by atoms with van der Waals surface area (Å²) in [6.07, 6.45) is -4.79. The first-order valence-corrected chi connectivity index (χ1v) is 12.6. The molecule has 39 heavy (non-hydrogen) atoms. The Morgan fingerprint density at radius 2 is 1.79 bits per heavy atom. The van der Waals surface area contributed by atoms with E-state index in [1.165, 1.54) is 36.5 Å². The zero-order valence-corrected chi connectivity index (χ0v) is 21.0. The van der Waals surface area contributed by atoms with E-state index >= 15 is 0 Å². The molecule has 0 aliphatic rings. The van der Waals surface area contributed by atoms with Crippen LogP contribution in [0.5, 0.6) is 5.88 Å². The molecule has 14 heteroatoms. The van der Waals surface area contributed by atoms with Gasteiger partial charge in [0, 0.05) is 17.2 Å². The number of hydrogen-bond acceptors (Lipinski definition) is 9. The summed E-state index contributed by atoms with van der Waals surface area (Å²) in [5.74, 6) is -0.601. The molecule has 10 nitrogen and oxygen atoms in total. The quantitative estimate of drug-likeness (QED) is 0.344. The lowest BCUT2D eigenvalue weighted by atomic mass is 10.0. The van der Waals surface area contributed by atoms with E-state index in [4.69, 9.17) is 20.3 Å². The van der Waals surface area contributed by atoms with Gasteiger partial charge in [-0.05, 0) is 38.1 Å². The Balaban J connectivity index is 1.80. The summed E-state index contributed by atoms with van der Waals surface area (Å²) < 4.78 is 76.0. The van der Waals surface area contributed by atoms with Crippen molar-refractivity contribution in [1.29, 1.82) is 5.26 Å². The first-order valence-electron chi connectivity index (χ1n) is 11.1. The lowest BCUT2D eigenvalue weighted by molar-refractivity contribution is -0.137. The van der Waals surface area contributed by atoms with Crippen molar-refractivity contribution in [2.45, 2.75) is 30.2 Å². The van der Waals surface area contributed by atoms with Crippen molar-refractivity contribution in [2.24, 2.45) is 5.73 Å². The van der Waals surface area contributed by atoms with Gasteiger partial charge in [0.1, 0.15) is 5.69 Å². The lowest BCUT2D eigenvalue weighted by Gasteiger charge is -2.11. The first-order chi connectivity index (χ1) is 18.3. The minimum atomic E-state index is -4.80. The molecule has 0 bridgehead atoms. The van der Waals surface area contributed by atoms with Crippen molar-refractivity contribution in [1.82, 2.24) is 15.1 Å². The van der Waals surface area contributed by atoms with Gasteiger partial charge in [-0.25, -0.2) is 23.2 Å². The SMILES string of the molecule is CC(C)S(=O)(=O)c1ccc(-c2cnc(OC(N)=O)c(-c3cc(-c4ccc(C#N)cc4C(F)(F)F)no3)n2)cc1. The molecule has 2 N–H and O–H groups in total. The van der Waals surface area contributed by atoms with Crippen LogP contribution in [0.4, 0.5) is 18.0 Å². The number of alkyl halides is 3. The van der Waals surface area contributed by atoms with E-state index < -0.39 is 38.8 Å². The highest BCUT2D eigenvalue weighted by Crippen LogP contribution is 2.39. The Morgan fingerprint density at radius 3 is 2.38 bits per heavy atom. The monoisotopic (exact) mass is 557 g/mol. The highest BCUT2D eigenvalue weighted by molar-refractivity contribution is 7.92. The molecule has 2 heterocycles. The maximum Gasteiger partial charge on any atom is 0.417 e. The number of amides is 1. The molecule has 0 fully saturated rings. The Labute approximate surface area is 219 Å². The minimum absolute atomic E-state index is 0.103. The van der Waals surface area contributed by atoms with Crippen molar-refractivity contribution >= 4 is 15.9 Å². The number of nitriles is 1. The summed E-state index contributed by atoms with van der Waals surface area (Å²) in [7, 11) is -3.52. The molecule has 4 rings (SSSR count). The maximum absolute atomic E-state index is 13.7. The molecule has 0 spiro atoms. The van der Waals surface area contributed by atoms with Crippen molar-refractivity contribution < 1.29 is 35.6 Å². The number of aromatic nitrogens is 3. The normalized spacial score (nSPS) is 11.8. The second kappa shape index (κ2) is 10.2. The molecule has 0 saturated carbocycles. The van der Waals surface area contributed by atoms with Crippen molar-refractivity contribution in [3.8, 4) is 45.9 Å². The van der Waals surface area contributed by atoms with Gasteiger partial charge in [0.2, 0.25) is 0 Å². The molecule has 200 valence electrons. The molecule has 1 amide bonds. The smallest absolute Gasteiger partial charge is 0.389 e. The third-order valence-electron chi connectivity index (χ3n) is 5.51. The molecule has 0 atom stereocenters. The Bertz CT molecular complexity index is 1710. The molecular weight excluding hydrogens is 539 g/mol. The summed E-state index contributed by atoms with van der Waals surface area (Å²) >= 11 is 0. The number of benzene rings is 2. The average molecular weight is 558 g/mol. The van der Waals surface area contributed by atoms with Gasteiger partial charge in [-0.2, -0.15) is 18.4 Å². The third-order valence-corrected chi connectivity index (χ3v) is 7.68. The zero-order valence-electron chi connectivity index (χ0n) is 20.2. The minimum Gasteiger partial charge on any atom is -0.389 e. The Morgan fingerprint density at radius 1 is 1.10 bits per heavy atom. The average Bonchev–Trinajstić information content (AvgIpc) is 3.37. The van der Waals surface area contributed by atoms with Gasteiger partial charge in [-0.15, -0.1) is 0 Å². The van der Waals surface area contributed by atoms with Crippen molar-refractivity contribution in [3.63, 3.8) is 0 Å². The van der Waals surface area contributed by atoms with Crippen LogP contribution in [0.25, 0.3) is 34.0 Å². The first kappa shape index (κ1) is 27.3. The van der Waals surface area contributed by atoms with E-state index in [1.807, 2.05) is 0 Å². The van der Waals surface area contributed by atoms with Crippen LogP contribution in [0.15, 0.2) is 64.1 Å². The number of nitrogens with zero attached hydrogens (tertiary/aromatic N) is 4. The fraction of sp³-hybridized carbons (Fsp3) is 0.160. The van der Waals surface area contributed by atoms with Gasteiger partial charge < -0.3 is 15.0 Å². The number of primary amides is 1. The third kappa shape index (κ3) is 5.58. The van der Waals surface area contributed by atoms with Crippen LogP contribution < -0.4 is 10.5 Å². The summed E-state index contributed by atoms with van der Waals surface area (Å²) in [4.78, 5) is 19.9. The fourth-order valence-electron chi connectivity index (χ4n) is 3.52. The topological polar surface area (TPSA) is 162 Å². The van der Waals surface area contributed by atoms with Crippen LogP contribution in [-0.2, 0) is 16.0 Å². The van der Waals surface area contributed by atoms with Gasteiger partial charge in [0.05, 0.1) is 39.2 Å². The number of ether oxygens (including phenoxy) is 1. The van der Waals surface area contributed by atoms with Crippen LogP contribution in [0, 0.1) is 11.3 Å². The Hall–Kier alpha value is -4.77. The van der Waals surface area contributed by atoms with Crippen LogP contribution in [0.2, 0.25) is 0 Å². The number of halogens is 3. The number of hydrogen-bond donors (Lipinski definition) is 1. The van der Waals surface area contributed by atoms with Crippen LogP contribution in [-0.4, -0.2) is 34.9 Å². The molecular formula is C25H18F3N5O5S. The number of carbonyl (C=O) groups excluding carboxylic acids is 1. The number of rotatable bonds is 6. The predicted octanol–water partition coefficient (Wildman–Crippen LogP) is 5.00. The van der Waals surface area contributed by atoms with Crippen molar-refractivity contribution in [3.05, 3.63) is 65.9 Å². The summed E-state index contributed by atoms with van der Waals surface area (Å²) in [6.45, 7) is 3.11. The lowest BCUT2D eigenvalue weighted by Crippen LogP contribution is -2.17. The Kier molecular flexibility index (Phi) is 7.12. The molecule has 2 aromatic carbocycles. The van der Waals surface area contributed by atoms with E-state index in [-0.39, 0.29) is 38.9 Å². The van der Waals surface area contributed by atoms with Gasteiger partial charge in [-0.3, -0.25) is 0 Å². The molecule has 0 aliphatic carbocycles. The fourth-order valence-corrected chi connectivity index (χ4v) is 4.58. The van der Waals surface area contributed by atoms with E-state index in [9.17, 15) is 26.4 Å². The standard InChI is InChI=1S/C25H18F3N5O5S/c1-13(2)39(35,36)16-6-4-15(5-7-16)20-12-31-23(37-24(30)34)22(32-20)21-10-19(33-38-21)17-8-3-14(11-29)9-18(17)25(26,27)28/h3-10,12-13H,1-2H3,(H2,30,34). The van der Waals surface area contributed by atoms with E-state index in [2.05, 4.69) is 15.1 Å². The van der Waals surface area contributed by atoms with E-state index in [1.54, 1.807) is 19.9 Å². The molecule has 0 unspecified atom stereocenters. The number of sulfone groups is 1. The number of carbonyl (C=O) groups is 1. The van der Waals surface area contributed by atoms with Gasteiger partial charge in [-0.1, -0.05) is 23.4 Å². The second-order valence-corrected chi connectivity index (χ2v) is 10.9. The zero-order chi connectivity index (χ0) is 28.5. The van der Waals surface area contributed by atoms with Gasteiger partial charge in [0.15, 0.2) is 21.3 Å². The molecule has 0 radical (unpaired) electrons. The van der Waals surface area contributed by atoms with Gasteiger partial charge in [0.25, 0.3) is 5.88 Å². The molecule has 0 saturated heterocycles. The maximum atomic E-state index is 13.7. The highest BCUT2D eigenvalue weighted by Gasteiger charge is 2.35. The highest BCUT2D eigenvalue weighted by atomic mass is 32.2. The molecule has 4 aromatic rings. The van der Waals surface area contributed by atoms with Crippen molar-refractivity contribution in [2.75, 3.05) is 0 Å². The second-order valence-electron chi connectivity index (χ2n) is 8.39. The summed E-state index contributed by atoms with van der Waals surface area (Å²) in [5, 5.41) is 12.1. The summed E-state index contributed by atoms with van der Waals surface area (Å²) in [5.41, 5.74) is 3.64.